The Balaban J connectivity index is 3.19. The second kappa shape index (κ2) is 6.48. The molecule has 2 rings (SSSR count). The van der Waals surface area contributed by atoms with Crippen LogP contribution < -0.4 is 5.22 Å². The maximum Gasteiger partial charge on any atom is 0.0577 e. The van der Waals surface area contributed by atoms with Crippen molar-refractivity contribution in [1.82, 2.24) is 4.40 Å². The molecule has 0 aliphatic rings. The molecule has 0 spiro atoms. The Labute approximate surface area is 133 Å². The molecule has 0 unspecified atom stereocenters. The molecule has 0 atom stereocenters. The summed E-state index contributed by atoms with van der Waals surface area (Å²) < 4.78 is 2.25. The van der Waals surface area contributed by atoms with E-state index in [1.54, 1.807) is 0 Å². The van der Waals surface area contributed by atoms with E-state index in [0.717, 1.165) is 11.4 Å². The quantitative estimate of drug-likeness (QED) is 0.705. The standard InChI is InChI=1S/C21H23N/c1-7-12-16-15(6)21-18(14-9-3)17(13-8-2)20(11-5)22(21)19(16)10-4/h7-14H,3-5H2,1-2,6H3/b12-7-,13-8-,18-14-. The molecule has 1 heteroatoms. The van der Waals surface area contributed by atoms with E-state index < -0.39 is 0 Å². The molecule has 2 heterocycles. The van der Waals surface area contributed by atoms with Gasteiger partial charge in [0.05, 0.1) is 16.9 Å². The summed E-state index contributed by atoms with van der Waals surface area (Å²) in [4.78, 5) is 0. The topological polar surface area (TPSA) is 4.41 Å². The lowest BCUT2D eigenvalue weighted by Crippen LogP contribution is -2.02. The van der Waals surface area contributed by atoms with Crippen LogP contribution in [0, 0.1) is 6.92 Å². The van der Waals surface area contributed by atoms with Gasteiger partial charge in [-0.2, -0.15) is 0 Å². The van der Waals surface area contributed by atoms with Crippen LogP contribution in [0.1, 0.15) is 41.9 Å². The summed E-state index contributed by atoms with van der Waals surface area (Å²) in [6.07, 6.45) is 16.1. The number of allylic oxidation sites excluding steroid dienone is 3. The van der Waals surface area contributed by atoms with Crippen molar-refractivity contribution in [2.45, 2.75) is 20.8 Å². The third-order valence-corrected chi connectivity index (χ3v) is 3.90. The molecular weight excluding hydrogens is 266 g/mol. The van der Waals surface area contributed by atoms with Gasteiger partial charge in [0.15, 0.2) is 0 Å². The van der Waals surface area contributed by atoms with Crippen LogP contribution in [0.4, 0.5) is 0 Å². The summed E-state index contributed by atoms with van der Waals surface area (Å²) in [6.45, 7) is 18.1. The van der Waals surface area contributed by atoms with Gasteiger partial charge in [-0.25, -0.2) is 0 Å². The maximum absolute atomic E-state index is 4.01. The van der Waals surface area contributed by atoms with Crippen LogP contribution >= 0.6 is 0 Å². The highest BCUT2D eigenvalue weighted by atomic mass is 14.9. The Kier molecular flexibility index (Phi) is 4.67. The van der Waals surface area contributed by atoms with Crippen LogP contribution in [-0.4, -0.2) is 4.40 Å². The SMILES string of the molecule is C=C/C=c1/c(/C=C\C)c(C=C)n2c(C=C)c(/C=C\C)c(C)c12. The zero-order chi connectivity index (χ0) is 16.3. The zero-order valence-corrected chi connectivity index (χ0v) is 13.7. The van der Waals surface area contributed by atoms with Gasteiger partial charge in [0.25, 0.3) is 0 Å². The summed E-state index contributed by atoms with van der Waals surface area (Å²) in [5, 5.41) is 1.18. The fourth-order valence-electron chi connectivity index (χ4n) is 3.09. The van der Waals surface area contributed by atoms with E-state index in [1.165, 1.54) is 27.4 Å². The van der Waals surface area contributed by atoms with E-state index in [-0.39, 0.29) is 0 Å². The Morgan fingerprint density at radius 1 is 0.864 bits per heavy atom. The number of aryl methyl sites for hydroxylation is 1. The van der Waals surface area contributed by atoms with Gasteiger partial charge >= 0.3 is 0 Å². The second-order valence-corrected chi connectivity index (χ2v) is 5.13. The highest BCUT2D eigenvalue weighted by Crippen LogP contribution is 2.28. The average molecular weight is 289 g/mol. The molecule has 22 heavy (non-hydrogen) atoms. The van der Waals surface area contributed by atoms with Crippen LogP contribution in [0.5, 0.6) is 0 Å². The molecule has 0 saturated heterocycles. The fourth-order valence-corrected chi connectivity index (χ4v) is 3.09. The number of hydrogen-bond acceptors (Lipinski definition) is 0. The molecule has 0 N–H and O–H groups in total. The Morgan fingerprint density at radius 3 is 1.91 bits per heavy atom. The van der Waals surface area contributed by atoms with Crippen molar-refractivity contribution in [1.29, 1.82) is 0 Å². The van der Waals surface area contributed by atoms with E-state index in [9.17, 15) is 0 Å². The lowest BCUT2D eigenvalue weighted by atomic mass is 10.1. The van der Waals surface area contributed by atoms with Crippen molar-refractivity contribution in [2.24, 2.45) is 0 Å². The number of rotatable bonds is 5. The molecule has 0 bridgehead atoms. The predicted molar refractivity (Wildman–Crippen MR) is 102 cm³/mol. The lowest BCUT2D eigenvalue weighted by molar-refractivity contribution is 1.18. The largest absolute Gasteiger partial charge is 0.308 e. The van der Waals surface area contributed by atoms with Gasteiger partial charge in [0, 0.05) is 16.3 Å². The number of aromatic nitrogens is 1. The molecule has 0 fully saturated rings. The van der Waals surface area contributed by atoms with Crippen molar-refractivity contribution in [2.75, 3.05) is 0 Å². The first kappa shape index (κ1) is 15.8. The smallest absolute Gasteiger partial charge is 0.0577 e. The minimum atomic E-state index is 1.09. The van der Waals surface area contributed by atoms with Gasteiger partial charge in [-0.15, -0.1) is 0 Å². The molecule has 1 nitrogen and oxygen atoms in total. The Morgan fingerprint density at radius 2 is 1.41 bits per heavy atom. The van der Waals surface area contributed by atoms with Crippen molar-refractivity contribution >= 4 is 35.9 Å². The predicted octanol–water partition coefficient (Wildman–Crippen LogP) is 5.29. The minimum Gasteiger partial charge on any atom is -0.308 e. The number of fused-ring (bicyclic) bond motifs is 1. The molecule has 0 amide bonds. The third-order valence-electron chi connectivity index (χ3n) is 3.90. The minimum absolute atomic E-state index is 1.09. The first-order valence-electron chi connectivity index (χ1n) is 7.49. The molecule has 2 aromatic rings. The molecule has 0 aromatic carbocycles. The maximum atomic E-state index is 4.01. The Hall–Kier alpha value is -2.54. The molecule has 0 aliphatic heterocycles. The second-order valence-electron chi connectivity index (χ2n) is 5.13. The van der Waals surface area contributed by atoms with Gasteiger partial charge < -0.3 is 4.40 Å². The number of nitrogens with zero attached hydrogens (tertiary/aromatic N) is 1. The summed E-state index contributed by atoms with van der Waals surface area (Å²) >= 11 is 0. The lowest BCUT2D eigenvalue weighted by Gasteiger charge is -2.01. The van der Waals surface area contributed by atoms with Crippen LogP contribution in [0.25, 0.3) is 35.9 Å². The highest BCUT2D eigenvalue weighted by Gasteiger charge is 2.19. The van der Waals surface area contributed by atoms with Gasteiger partial charge in [0.1, 0.15) is 0 Å². The van der Waals surface area contributed by atoms with Crippen molar-refractivity contribution < 1.29 is 0 Å². The molecule has 2 aromatic heterocycles. The first-order valence-corrected chi connectivity index (χ1v) is 7.49. The molecule has 0 saturated carbocycles. The van der Waals surface area contributed by atoms with E-state index in [1.807, 2.05) is 32.1 Å². The van der Waals surface area contributed by atoms with Gasteiger partial charge in [-0.05, 0) is 38.5 Å². The monoisotopic (exact) mass is 289 g/mol. The summed E-state index contributed by atoms with van der Waals surface area (Å²) in [7, 11) is 0. The molecule has 0 aliphatic carbocycles. The Bertz CT molecular complexity index is 854. The van der Waals surface area contributed by atoms with Crippen molar-refractivity contribution in [3.05, 3.63) is 71.3 Å². The van der Waals surface area contributed by atoms with Gasteiger partial charge in [-0.1, -0.05) is 56.2 Å². The molecule has 0 radical (unpaired) electrons. The van der Waals surface area contributed by atoms with E-state index in [0.29, 0.717) is 0 Å². The van der Waals surface area contributed by atoms with Crippen LogP contribution in [0.3, 0.4) is 0 Å². The third kappa shape index (κ3) is 2.19. The summed E-state index contributed by atoms with van der Waals surface area (Å²) in [5.41, 5.74) is 7.03. The van der Waals surface area contributed by atoms with Gasteiger partial charge in [-0.3, -0.25) is 0 Å². The molecule has 112 valence electrons. The van der Waals surface area contributed by atoms with Crippen LogP contribution in [-0.2, 0) is 0 Å². The van der Waals surface area contributed by atoms with E-state index >= 15 is 0 Å². The fraction of sp³-hybridized carbons (Fsp3) is 0.143. The van der Waals surface area contributed by atoms with Crippen LogP contribution in [0.2, 0.25) is 0 Å². The van der Waals surface area contributed by atoms with E-state index in [2.05, 4.69) is 61.4 Å². The van der Waals surface area contributed by atoms with Crippen molar-refractivity contribution in [3.8, 4) is 0 Å². The summed E-state index contributed by atoms with van der Waals surface area (Å²) in [5.74, 6) is 0. The first-order chi connectivity index (χ1) is 10.7. The average Bonchev–Trinajstić information content (AvgIpc) is 2.95. The van der Waals surface area contributed by atoms with Crippen molar-refractivity contribution in [3.63, 3.8) is 0 Å². The van der Waals surface area contributed by atoms with E-state index in [4.69, 9.17) is 0 Å². The van der Waals surface area contributed by atoms with Gasteiger partial charge in [0.2, 0.25) is 0 Å². The highest BCUT2D eigenvalue weighted by molar-refractivity contribution is 5.84. The summed E-state index contributed by atoms with van der Waals surface area (Å²) in [6, 6.07) is 0. The van der Waals surface area contributed by atoms with Crippen LogP contribution in [0.15, 0.2) is 38.0 Å². The number of hydrogen-bond donors (Lipinski definition) is 0. The molecular formula is C21H23N. The zero-order valence-electron chi connectivity index (χ0n) is 13.7. The normalized spacial score (nSPS) is 12.8.